The van der Waals surface area contributed by atoms with Crippen molar-refractivity contribution in [1.82, 2.24) is 25.3 Å². The van der Waals surface area contributed by atoms with Gasteiger partial charge in [-0.25, -0.2) is 4.99 Å². The summed E-state index contributed by atoms with van der Waals surface area (Å²) in [5.41, 5.74) is 2.02. The number of aliphatic imine (C=N–C) groups is 1. The lowest BCUT2D eigenvalue weighted by Gasteiger charge is -2.12. The molecule has 2 aromatic heterocycles. The smallest absolute Gasteiger partial charge is 0.257 e. The minimum atomic E-state index is 0. The van der Waals surface area contributed by atoms with Crippen molar-refractivity contribution < 1.29 is 4.52 Å². The fraction of sp³-hybridized carbons (Fsp3) is 0.381. The van der Waals surface area contributed by atoms with Gasteiger partial charge in [-0.3, -0.25) is 0 Å². The van der Waals surface area contributed by atoms with Crippen molar-refractivity contribution in [2.75, 3.05) is 13.1 Å². The SMILES string of the molecule is CCCc1noc(-c2cccc(CN=C(NCC)NCCn3cccc3)c2)n1.I. The van der Waals surface area contributed by atoms with Crippen LogP contribution in [0.25, 0.3) is 11.5 Å². The normalized spacial score (nSPS) is 11.2. The van der Waals surface area contributed by atoms with Crippen LogP contribution < -0.4 is 10.6 Å². The third-order valence-corrected chi connectivity index (χ3v) is 4.21. The number of rotatable bonds is 9. The van der Waals surface area contributed by atoms with E-state index < -0.39 is 0 Å². The number of aryl methyl sites for hydroxylation is 1. The van der Waals surface area contributed by atoms with Crippen molar-refractivity contribution in [3.63, 3.8) is 0 Å². The van der Waals surface area contributed by atoms with E-state index in [-0.39, 0.29) is 24.0 Å². The zero-order chi connectivity index (χ0) is 19.6. The van der Waals surface area contributed by atoms with E-state index in [0.29, 0.717) is 12.4 Å². The Kier molecular flexibility index (Phi) is 9.69. The van der Waals surface area contributed by atoms with E-state index in [1.165, 1.54) is 0 Å². The van der Waals surface area contributed by atoms with Gasteiger partial charge >= 0.3 is 0 Å². The molecule has 0 bridgehead atoms. The molecule has 0 fully saturated rings. The summed E-state index contributed by atoms with van der Waals surface area (Å²) in [5.74, 6) is 2.12. The maximum absolute atomic E-state index is 5.39. The zero-order valence-corrected chi connectivity index (χ0v) is 19.3. The Balaban J connectivity index is 0.00000300. The Labute approximate surface area is 189 Å². The lowest BCUT2D eigenvalue weighted by atomic mass is 10.1. The molecule has 2 N–H and O–H groups in total. The number of guanidine groups is 1. The second-order valence-corrected chi connectivity index (χ2v) is 6.51. The molecule has 0 unspecified atom stereocenters. The summed E-state index contributed by atoms with van der Waals surface area (Å²) in [6, 6.07) is 12.1. The van der Waals surface area contributed by atoms with Crippen LogP contribution in [0.15, 0.2) is 58.3 Å². The average molecular weight is 508 g/mol. The summed E-state index contributed by atoms with van der Waals surface area (Å²) in [4.78, 5) is 9.15. The van der Waals surface area contributed by atoms with Crippen molar-refractivity contribution in [1.29, 1.82) is 0 Å². The molecule has 0 saturated heterocycles. The first kappa shape index (κ1) is 22.9. The number of halogens is 1. The molecule has 0 aliphatic rings. The first-order valence-corrected chi connectivity index (χ1v) is 9.83. The number of nitrogens with one attached hydrogen (secondary N) is 2. The molecule has 2 heterocycles. The van der Waals surface area contributed by atoms with E-state index in [1.54, 1.807) is 0 Å². The van der Waals surface area contributed by atoms with Gasteiger partial charge in [-0.2, -0.15) is 4.98 Å². The maximum atomic E-state index is 5.39. The van der Waals surface area contributed by atoms with Gasteiger partial charge in [0.05, 0.1) is 6.54 Å². The summed E-state index contributed by atoms with van der Waals surface area (Å²) in [6.07, 6.45) is 5.94. The highest BCUT2D eigenvalue weighted by Crippen LogP contribution is 2.19. The van der Waals surface area contributed by atoms with Crippen molar-refractivity contribution in [2.24, 2.45) is 4.99 Å². The fourth-order valence-corrected chi connectivity index (χ4v) is 2.83. The van der Waals surface area contributed by atoms with Gasteiger partial charge in [0, 0.05) is 44.0 Å². The molecule has 0 spiro atoms. The minimum Gasteiger partial charge on any atom is -0.357 e. The molecule has 8 heteroatoms. The quantitative estimate of drug-likeness (QED) is 0.261. The fourth-order valence-electron chi connectivity index (χ4n) is 2.83. The van der Waals surface area contributed by atoms with E-state index in [1.807, 2.05) is 24.3 Å². The summed E-state index contributed by atoms with van der Waals surface area (Å²) in [6.45, 7) is 7.25. The van der Waals surface area contributed by atoms with E-state index in [4.69, 9.17) is 9.52 Å². The molecule has 0 atom stereocenters. The highest BCUT2D eigenvalue weighted by Gasteiger charge is 2.08. The highest BCUT2D eigenvalue weighted by molar-refractivity contribution is 14.0. The highest BCUT2D eigenvalue weighted by atomic mass is 127. The van der Waals surface area contributed by atoms with Gasteiger partial charge in [-0.1, -0.05) is 24.2 Å². The summed E-state index contributed by atoms with van der Waals surface area (Å²) in [5, 5.41) is 10.7. The first-order valence-electron chi connectivity index (χ1n) is 9.83. The van der Waals surface area contributed by atoms with Crippen LogP contribution in [0.4, 0.5) is 0 Å². The van der Waals surface area contributed by atoms with Crippen LogP contribution in [0.5, 0.6) is 0 Å². The van der Waals surface area contributed by atoms with Crippen LogP contribution in [0, 0.1) is 0 Å². The first-order chi connectivity index (χ1) is 13.8. The zero-order valence-electron chi connectivity index (χ0n) is 17.0. The average Bonchev–Trinajstić information content (AvgIpc) is 3.39. The largest absolute Gasteiger partial charge is 0.357 e. The Morgan fingerprint density at radius 1 is 1.14 bits per heavy atom. The molecule has 156 valence electrons. The summed E-state index contributed by atoms with van der Waals surface area (Å²) in [7, 11) is 0. The third kappa shape index (κ3) is 7.19. The van der Waals surface area contributed by atoms with Crippen LogP contribution in [0.3, 0.4) is 0 Å². The van der Waals surface area contributed by atoms with E-state index >= 15 is 0 Å². The predicted octanol–water partition coefficient (Wildman–Crippen LogP) is 3.86. The molecule has 0 aliphatic carbocycles. The molecule has 29 heavy (non-hydrogen) atoms. The van der Waals surface area contributed by atoms with Crippen LogP contribution in [-0.4, -0.2) is 33.8 Å². The second-order valence-electron chi connectivity index (χ2n) is 6.51. The molecule has 0 aliphatic heterocycles. The number of hydrogen-bond donors (Lipinski definition) is 2. The van der Waals surface area contributed by atoms with Gasteiger partial charge in [-0.05, 0) is 43.2 Å². The lowest BCUT2D eigenvalue weighted by Crippen LogP contribution is -2.38. The maximum Gasteiger partial charge on any atom is 0.257 e. The molecule has 3 rings (SSSR count). The topological polar surface area (TPSA) is 80.3 Å². The predicted molar refractivity (Wildman–Crippen MR) is 126 cm³/mol. The van der Waals surface area contributed by atoms with Crippen LogP contribution in [-0.2, 0) is 19.5 Å². The van der Waals surface area contributed by atoms with Gasteiger partial charge in [0.2, 0.25) is 0 Å². The minimum absolute atomic E-state index is 0. The Morgan fingerprint density at radius 3 is 2.72 bits per heavy atom. The van der Waals surface area contributed by atoms with Gasteiger partial charge in [0.15, 0.2) is 11.8 Å². The van der Waals surface area contributed by atoms with Gasteiger partial charge < -0.3 is 19.7 Å². The second kappa shape index (κ2) is 12.3. The van der Waals surface area contributed by atoms with Gasteiger partial charge in [-0.15, -0.1) is 24.0 Å². The van der Waals surface area contributed by atoms with Crippen molar-refractivity contribution >= 4 is 29.9 Å². The molecule has 1 aromatic carbocycles. The Morgan fingerprint density at radius 2 is 1.97 bits per heavy atom. The van der Waals surface area contributed by atoms with Crippen molar-refractivity contribution in [3.8, 4) is 11.5 Å². The number of hydrogen-bond acceptors (Lipinski definition) is 4. The summed E-state index contributed by atoms with van der Waals surface area (Å²) < 4.78 is 7.52. The Hall–Kier alpha value is -2.36. The molecule has 7 nitrogen and oxygen atoms in total. The summed E-state index contributed by atoms with van der Waals surface area (Å²) >= 11 is 0. The lowest BCUT2D eigenvalue weighted by molar-refractivity contribution is 0.422. The van der Waals surface area contributed by atoms with Crippen LogP contribution in [0.2, 0.25) is 0 Å². The number of nitrogens with zero attached hydrogens (tertiary/aromatic N) is 4. The number of benzene rings is 1. The van der Waals surface area contributed by atoms with E-state index in [2.05, 4.69) is 63.7 Å². The van der Waals surface area contributed by atoms with Gasteiger partial charge in [0.25, 0.3) is 5.89 Å². The molecular formula is C21H29IN6O. The van der Waals surface area contributed by atoms with Crippen LogP contribution in [0.1, 0.15) is 31.7 Å². The molecule has 0 radical (unpaired) electrons. The molecule has 0 saturated carbocycles. The molecule has 0 amide bonds. The molecule has 3 aromatic rings. The third-order valence-electron chi connectivity index (χ3n) is 4.21. The standard InChI is InChI=1S/C21H28N6O.HI/c1-3-8-19-25-20(28-26-19)18-10-7-9-17(15-18)16-24-21(22-4-2)23-11-14-27-12-5-6-13-27;/h5-7,9-10,12-13,15H,3-4,8,11,14,16H2,1-2H3,(H2,22,23,24);1H. The monoisotopic (exact) mass is 508 g/mol. The van der Waals surface area contributed by atoms with Crippen molar-refractivity contribution in [3.05, 3.63) is 60.2 Å². The van der Waals surface area contributed by atoms with Crippen molar-refractivity contribution in [2.45, 2.75) is 39.8 Å². The molecular weight excluding hydrogens is 479 g/mol. The van der Waals surface area contributed by atoms with Crippen LogP contribution >= 0.6 is 24.0 Å². The van der Waals surface area contributed by atoms with Gasteiger partial charge in [0.1, 0.15) is 0 Å². The Bertz CT molecular complexity index is 875. The van der Waals surface area contributed by atoms with E-state index in [0.717, 1.165) is 55.4 Å². The number of aromatic nitrogens is 3. The van der Waals surface area contributed by atoms with E-state index in [9.17, 15) is 0 Å².